The van der Waals surface area contributed by atoms with E-state index in [0.29, 0.717) is 12.1 Å². The minimum absolute atomic E-state index is 0.000512. The number of aromatic nitrogens is 2. The first-order chi connectivity index (χ1) is 9.25. The predicted molar refractivity (Wildman–Crippen MR) is 72.5 cm³/mol. The first kappa shape index (κ1) is 11.9. The number of likely N-dealkylation sites (tertiary alicyclic amines) is 1. The summed E-state index contributed by atoms with van der Waals surface area (Å²) < 4.78 is 0. The van der Waals surface area contributed by atoms with Gasteiger partial charge in [0.05, 0.1) is 17.5 Å². The third-order valence-electron chi connectivity index (χ3n) is 3.44. The third-order valence-corrected chi connectivity index (χ3v) is 3.44. The smallest absolute Gasteiger partial charge is 0.257 e. The van der Waals surface area contributed by atoms with Gasteiger partial charge in [-0.3, -0.25) is 9.89 Å². The molecule has 1 fully saturated rings. The first-order valence-electron chi connectivity index (χ1n) is 6.39. The molecule has 3 rings (SSSR count). The Hall–Kier alpha value is -2.14. The predicted octanol–water partition coefficient (Wildman–Crippen LogP) is 1.25. The summed E-state index contributed by atoms with van der Waals surface area (Å²) in [6, 6.07) is 9.84. The molecule has 0 aliphatic carbocycles. The fourth-order valence-corrected chi connectivity index (χ4v) is 2.42. The molecule has 1 saturated heterocycles. The summed E-state index contributed by atoms with van der Waals surface area (Å²) in [5.41, 5.74) is 8.19. The van der Waals surface area contributed by atoms with Gasteiger partial charge in [-0.2, -0.15) is 5.10 Å². The van der Waals surface area contributed by atoms with E-state index in [4.69, 9.17) is 5.73 Å². The van der Waals surface area contributed by atoms with Crippen molar-refractivity contribution in [2.24, 2.45) is 5.73 Å². The number of hydrogen-bond acceptors (Lipinski definition) is 3. The second-order valence-corrected chi connectivity index (χ2v) is 4.82. The van der Waals surface area contributed by atoms with Gasteiger partial charge in [0.1, 0.15) is 0 Å². The van der Waals surface area contributed by atoms with Gasteiger partial charge >= 0.3 is 0 Å². The number of carbonyl (C=O) groups excluding carboxylic acids is 1. The Bertz CT molecular complexity index is 578. The van der Waals surface area contributed by atoms with Crippen molar-refractivity contribution in [3.63, 3.8) is 0 Å². The van der Waals surface area contributed by atoms with Crippen LogP contribution in [-0.2, 0) is 0 Å². The van der Waals surface area contributed by atoms with E-state index in [9.17, 15) is 4.79 Å². The number of rotatable bonds is 2. The summed E-state index contributed by atoms with van der Waals surface area (Å²) in [5.74, 6) is 0.000512. The number of H-pyrrole nitrogens is 1. The molecule has 5 heteroatoms. The van der Waals surface area contributed by atoms with Crippen LogP contribution >= 0.6 is 0 Å². The van der Waals surface area contributed by atoms with E-state index >= 15 is 0 Å². The molecule has 5 nitrogen and oxygen atoms in total. The average molecular weight is 256 g/mol. The maximum absolute atomic E-state index is 12.5. The topological polar surface area (TPSA) is 75.0 Å². The normalized spacial score (nSPS) is 18.8. The van der Waals surface area contributed by atoms with Crippen molar-refractivity contribution in [3.8, 4) is 11.3 Å². The highest BCUT2D eigenvalue weighted by atomic mass is 16.2. The molecule has 2 aromatic rings. The first-order valence-corrected chi connectivity index (χ1v) is 6.39. The Labute approximate surface area is 111 Å². The second kappa shape index (κ2) is 4.85. The Kier molecular flexibility index (Phi) is 3.05. The molecule has 0 spiro atoms. The van der Waals surface area contributed by atoms with Crippen molar-refractivity contribution in [1.29, 1.82) is 0 Å². The molecule has 0 radical (unpaired) electrons. The van der Waals surface area contributed by atoms with E-state index in [2.05, 4.69) is 10.2 Å². The quantitative estimate of drug-likeness (QED) is 0.849. The van der Waals surface area contributed by atoms with Crippen LogP contribution in [0.5, 0.6) is 0 Å². The fraction of sp³-hybridized carbons (Fsp3) is 0.286. The van der Waals surface area contributed by atoms with Crippen LogP contribution in [0.15, 0.2) is 36.5 Å². The van der Waals surface area contributed by atoms with Gasteiger partial charge in [0, 0.05) is 24.7 Å². The van der Waals surface area contributed by atoms with E-state index in [-0.39, 0.29) is 11.9 Å². The summed E-state index contributed by atoms with van der Waals surface area (Å²) in [6.07, 6.45) is 2.46. The molecule has 1 amide bonds. The molecule has 1 aliphatic heterocycles. The monoisotopic (exact) mass is 256 g/mol. The van der Waals surface area contributed by atoms with Crippen molar-refractivity contribution >= 4 is 5.91 Å². The number of hydrogen-bond donors (Lipinski definition) is 2. The van der Waals surface area contributed by atoms with Crippen LogP contribution < -0.4 is 5.73 Å². The summed E-state index contributed by atoms with van der Waals surface area (Å²) in [4.78, 5) is 14.3. The van der Waals surface area contributed by atoms with Crippen LogP contribution in [-0.4, -0.2) is 40.1 Å². The van der Waals surface area contributed by atoms with Crippen molar-refractivity contribution < 1.29 is 4.79 Å². The van der Waals surface area contributed by atoms with E-state index in [0.717, 1.165) is 24.2 Å². The lowest BCUT2D eigenvalue weighted by Gasteiger charge is -2.15. The van der Waals surface area contributed by atoms with Crippen LogP contribution in [0.4, 0.5) is 0 Å². The number of nitrogens with one attached hydrogen (secondary N) is 1. The highest BCUT2D eigenvalue weighted by Gasteiger charge is 2.27. The van der Waals surface area contributed by atoms with Crippen LogP contribution in [0.1, 0.15) is 16.8 Å². The van der Waals surface area contributed by atoms with E-state index < -0.39 is 0 Å². The number of benzene rings is 1. The number of nitrogens with zero attached hydrogens (tertiary/aromatic N) is 2. The summed E-state index contributed by atoms with van der Waals surface area (Å²) in [5, 5.41) is 6.92. The highest BCUT2D eigenvalue weighted by Crippen LogP contribution is 2.23. The van der Waals surface area contributed by atoms with Crippen molar-refractivity contribution in [2.75, 3.05) is 13.1 Å². The molecule has 0 bridgehead atoms. The third kappa shape index (κ3) is 2.24. The van der Waals surface area contributed by atoms with E-state index in [1.807, 2.05) is 30.3 Å². The van der Waals surface area contributed by atoms with Gasteiger partial charge in [0.15, 0.2) is 0 Å². The number of nitrogens with two attached hydrogens (primary N) is 1. The Morgan fingerprint density at radius 3 is 2.84 bits per heavy atom. The molecule has 0 unspecified atom stereocenters. The van der Waals surface area contributed by atoms with Gasteiger partial charge in [0.2, 0.25) is 0 Å². The SMILES string of the molecule is N[C@@H]1CCN(C(=O)c2cn[nH]c2-c2ccccc2)C1. The standard InChI is InChI=1S/C14H16N4O/c15-11-6-7-18(9-11)14(19)12-8-16-17-13(12)10-4-2-1-3-5-10/h1-5,8,11H,6-7,9,15H2,(H,16,17)/t11-/m1/s1. The number of aromatic amines is 1. The Morgan fingerprint density at radius 1 is 1.37 bits per heavy atom. The molecule has 1 atom stereocenters. The number of carbonyl (C=O) groups is 1. The molecule has 1 aromatic heterocycles. The van der Waals surface area contributed by atoms with Crippen molar-refractivity contribution in [2.45, 2.75) is 12.5 Å². The average Bonchev–Trinajstić information content (AvgIpc) is 3.07. The highest BCUT2D eigenvalue weighted by molar-refractivity contribution is 5.99. The van der Waals surface area contributed by atoms with Gasteiger partial charge in [0.25, 0.3) is 5.91 Å². The van der Waals surface area contributed by atoms with Crippen LogP contribution in [0, 0.1) is 0 Å². The van der Waals surface area contributed by atoms with Gasteiger partial charge < -0.3 is 10.6 Å². The zero-order valence-electron chi connectivity index (χ0n) is 10.5. The number of amides is 1. The molecule has 2 heterocycles. The van der Waals surface area contributed by atoms with Crippen LogP contribution in [0.3, 0.4) is 0 Å². The summed E-state index contributed by atoms with van der Waals surface area (Å²) >= 11 is 0. The minimum atomic E-state index is 0.000512. The second-order valence-electron chi connectivity index (χ2n) is 4.82. The Morgan fingerprint density at radius 2 is 2.16 bits per heavy atom. The van der Waals surface area contributed by atoms with Gasteiger partial charge in [-0.05, 0) is 6.42 Å². The molecule has 0 saturated carbocycles. The fourth-order valence-electron chi connectivity index (χ4n) is 2.42. The molecule has 3 N–H and O–H groups in total. The van der Waals surface area contributed by atoms with Crippen molar-refractivity contribution in [3.05, 3.63) is 42.1 Å². The Balaban J connectivity index is 1.90. The molecule has 98 valence electrons. The maximum Gasteiger partial charge on any atom is 0.257 e. The molecular formula is C14H16N4O. The lowest BCUT2D eigenvalue weighted by Crippen LogP contribution is -2.31. The summed E-state index contributed by atoms with van der Waals surface area (Å²) in [7, 11) is 0. The van der Waals surface area contributed by atoms with E-state index in [1.54, 1.807) is 11.1 Å². The molecule has 19 heavy (non-hydrogen) atoms. The molecular weight excluding hydrogens is 240 g/mol. The van der Waals surface area contributed by atoms with Gasteiger partial charge in [-0.25, -0.2) is 0 Å². The van der Waals surface area contributed by atoms with Crippen LogP contribution in [0.2, 0.25) is 0 Å². The van der Waals surface area contributed by atoms with E-state index in [1.165, 1.54) is 0 Å². The summed E-state index contributed by atoms with van der Waals surface area (Å²) in [6.45, 7) is 1.34. The zero-order chi connectivity index (χ0) is 13.2. The zero-order valence-corrected chi connectivity index (χ0v) is 10.5. The van der Waals surface area contributed by atoms with Gasteiger partial charge in [-0.15, -0.1) is 0 Å². The largest absolute Gasteiger partial charge is 0.337 e. The van der Waals surface area contributed by atoms with Crippen molar-refractivity contribution in [1.82, 2.24) is 15.1 Å². The molecule has 1 aromatic carbocycles. The maximum atomic E-state index is 12.5. The lowest BCUT2D eigenvalue weighted by atomic mass is 10.1. The van der Waals surface area contributed by atoms with Gasteiger partial charge in [-0.1, -0.05) is 30.3 Å². The lowest BCUT2D eigenvalue weighted by molar-refractivity contribution is 0.0791. The molecule has 1 aliphatic rings. The van der Waals surface area contributed by atoms with Crippen LogP contribution in [0.25, 0.3) is 11.3 Å². The minimum Gasteiger partial charge on any atom is -0.337 e.